The van der Waals surface area contributed by atoms with E-state index in [0.29, 0.717) is 0 Å². The van der Waals surface area contributed by atoms with Gasteiger partial charge in [0.05, 0.1) is 0 Å². The van der Waals surface area contributed by atoms with Crippen molar-refractivity contribution < 1.29 is 0 Å². The highest BCUT2D eigenvalue weighted by molar-refractivity contribution is 7.01. The predicted octanol–water partition coefficient (Wildman–Crippen LogP) is 2.61. The molecule has 2 aromatic rings. The number of hydrogen-bond acceptors (Lipinski definition) is 0. The van der Waals surface area contributed by atoms with Crippen molar-refractivity contribution in [2.75, 3.05) is 0 Å². The first-order valence-electron chi connectivity index (χ1n) is 5.01. The number of aryl methyl sites for hydroxylation is 1. The molecule has 0 heterocycles. The van der Waals surface area contributed by atoms with Crippen molar-refractivity contribution in [3.8, 4) is 11.1 Å². The van der Waals surface area contributed by atoms with Gasteiger partial charge in [0.1, 0.15) is 0 Å². The molecule has 15 heavy (non-hydrogen) atoms. The molecule has 2 heteroatoms. The summed E-state index contributed by atoms with van der Waals surface area (Å²) in [6.45, 7) is 2.10. The molecule has 0 saturated heterocycles. The summed E-state index contributed by atoms with van der Waals surface area (Å²) in [7, 11) is -0.539. The van der Waals surface area contributed by atoms with E-state index in [0.717, 1.165) is 0 Å². The van der Waals surface area contributed by atoms with E-state index in [9.17, 15) is 0 Å². The highest BCUT2D eigenvalue weighted by Crippen LogP contribution is 2.18. The van der Waals surface area contributed by atoms with Gasteiger partial charge in [0.2, 0.25) is 0 Å². The van der Waals surface area contributed by atoms with Gasteiger partial charge in [0, 0.05) is 0 Å². The summed E-state index contributed by atoms with van der Waals surface area (Å²) in [5.74, 6) is 0. The first-order valence-corrected chi connectivity index (χ1v) is 7.86. The van der Waals surface area contributed by atoms with Crippen LogP contribution in [-0.4, -0.2) is 8.83 Å². The van der Waals surface area contributed by atoms with E-state index in [-0.39, 0.29) is 0 Å². The SMILES string of the molecule is Cc1ccc(-c2ccc([SiH2]Cl)cc2)cc1. The molecule has 2 aromatic carbocycles. The number of halogens is 1. The summed E-state index contributed by atoms with van der Waals surface area (Å²) in [5.41, 5.74) is 3.82. The van der Waals surface area contributed by atoms with Gasteiger partial charge in [0.25, 0.3) is 0 Å². The van der Waals surface area contributed by atoms with Crippen LogP contribution in [0.1, 0.15) is 5.56 Å². The molecule has 0 radical (unpaired) electrons. The van der Waals surface area contributed by atoms with Gasteiger partial charge >= 0.3 is 0 Å². The molecule has 0 bridgehead atoms. The zero-order valence-electron chi connectivity index (χ0n) is 8.70. The van der Waals surface area contributed by atoms with Gasteiger partial charge in [-0.3, -0.25) is 0 Å². The van der Waals surface area contributed by atoms with Crippen molar-refractivity contribution >= 4 is 25.1 Å². The molecule has 0 fully saturated rings. The zero-order chi connectivity index (χ0) is 10.7. The van der Waals surface area contributed by atoms with Crippen molar-refractivity contribution in [3.63, 3.8) is 0 Å². The molecule has 0 aliphatic heterocycles. The van der Waals surface area contributed by atoms with Crippen molar-refractivity contribution in [1.82, 2.24) is 0 Å². The zero-order valence-corrected chi connectivity index (χ0v) is 10.9. The lowest BCUT2D eigenvalue weighted by molar-refractivity contribution is 1.47. The number of hydrogen-bond donors (Lipinski definition) is 0. The van der Waals surface area contributed by atoms with Crippen LogP contribution in [0.15, 0.2) is 48.5 Å². The second-order valence-electron chi connectivity index (χ2n) is 3.70. The molecule has 0 saturated carbocycles. The topological polar surface area (TPSA) is 0 Å². The van der Waals surface area contributed by atoms with Gasteiger partial charge in [0.15, 0.2) is 8.83 Å². The molecule has 0 amide bonds. The third kappa shape index (κ3) is 2.49. The Labute approximate surface area is 97.4 Å². The lowest BCUT2D eigenvalue weighted by Crippen LogP contribution is -2.06. The van der Waals surface area contributed by atoms with Crippen molar-refractivity contribution in [2.45, 2.75) is 6.92 Å². The monoisotopic (exact) mass is 232 g/mol. The third-order valence-electron chi connectivity index (χ3n) is 2.49. The van der Waals surface area contributed by atoms with Crippen LogP contribution in [0, 0.1) is 6.92 Å². The van der Waals surface area contributed by atoms with Crippen LogP contribution in [0.25, 0.3) is 11.1 Å². The average molecular weight is 233 g/mol. The number of rotatable bonds is 2. The standard InChI is InChI=1S/C13H13ClSi/c1-10-2-4-11(5-3-10)12-6-8-13(15-14)9-7-12/h2-9H,15H2,1H3. The second-order valence-corrected chi connectivity index (χ2v) is 5.58. The summed E-state index contributed by atoms with van der Waals surface area (Å²) in [6.07, 6.45) is 0. The van der Waals surface area contributed by atoms with Gasteiger partial charge in [-0.05, 0) is 23.2 Å². The van der Waals surface area contributed by atoms with Crippen LogP contribution in [0.5, 0.6) is 0 Å². The summed E-state index contributed by atoms with van der Waals surface area (Å²) in [5, 5.41) is 1.30. The van der Waals surface area contributed by atoms with E-state index < -0.39 is 8.83 Å². The van der Waals surface area contributed by atoms with Crippen LogP contribution < -0.4 is 5.19 Å². The van der Waals surface area contributed by atoms with Gasteiger partial charge < -0.3 is 0 Å². The molecule has 0 aliphatic carbocycles. The molecule has 0 spiro atoms. The smallest absolute Gasteiger partial charge is 0.155 e. The first-order chi connectivity index (χ1) is 7.29. The fourth-order valence-electron chi connectivity index (χ4n) is 1.53. The normalized spacial score (nSPS) is 11.1. The fraction of sp³-hybridized carbons (Fsp3) is 0.0769. The van der Waals surface area contributed by atoms with Crippen LogP contribution >= 0.6 is 11.1 Å². The lowest BCUT2D eigenvalue weighted by Gasteiger charge is -2.03. The van der Waals surface area contributed by atoms with Gasteiger partial charge in [-0.15, -0.1) is 0 Å². The molecule has 0 atom stereocenters. The molecule has 0 N–H and O–H groups in total. The van der Waals surface area contributed by atoms with E-state index in [4.69, 9.17) is 11.1 Å². The summed E-state index contributed by atoms with van der Waals surface area (Å²) in [4.78, 5) is 0. The fourth-order valence-corrected chi connectivity index (χ4v) is 2.48. The van der Waals surface area contributed by atoms with Crippen molar-refractivity contribution in [3.05, 3.63) is 54.1 Å². The third-order valence-corrected chi connectivity index (χ3v) is 4.20. The Morgan fingerprint density at radius 2 is 1.27 bits per heavy atom. The van der Waals surface area contributed by atoms with E-state index >= 15 is 0 Å². The van der Waals surface area contributed by atoms with Crippen molar-refractivity contribution in [1.29, 1.82) is 0 Å². The molecular formula is C13H13ClSi. The molecule has 2 rings (SSSR count). The number of benzene rings is 2. The minimum atomic E-state index is -0.539. The highest BCUT2D eigenvalue weighted by Gasteiger charge is 1.97. The maximum Gasteiger partial charge on any atom is 0.155 e. The minimum absolute atomic E-state index is 0.539. The average Bonchev–Trinajstić information content (AvgIpc) is 2.30. The van der Waals surface area contributed by atoms with Crippen LogP contribution in [0.2, 0.25) is 0 Å². The largest absolute Gasteiger partial charge is 0.170 e. The Hall–Kier alpha value is -1.05. The molecule has 0 aliphatic rings. The Kier molecular flexibility index (Phi) is 3.24. The van der Waals surface area contributed by atoms with E-state index in [1.807, 2.05) is 0 Å². The highest BCUT2D eigenvalue weighted by atomic mass is 35.6. The van der Waals surface area contributed by atoms with Gasteiger partial charge in [-0.1, -0.05) is 54.1 Å². The van der Waals surface area contributed by atoms with Gasteiger partial charge in [-0.25, -0.2) is 0 Å². The minimum Gasteiger partial charge on any atom is -0.170 e. The lowest BCUT2D eigenvalue weighted by atomic mass is 10.0. The molecule has 0 unspecified atom stereocenters. The van der Waals surface area contributed by atoms with Gasteiger partial charge in [-0.2, -0.15) is 11.1 Å². The van der Waals surface area contributed by atoms with E-state index in [2.05, 4.69) is 55.5 Å². The Morgan fingerprint density at radius 1 is 0.800 bits per heavy atom. The molecular weight excluding hydrogens is 220 g/mol. The maximum atomic E-state index is 5.88. The van der Waals surface area contributed by atoms with E-state index in [1.165, 1.54) is 21.9 Å². The van der Waals surface area contributed by atoms with Crippen LogP contribution in [0.3, 0.4) is 0 Å². The summed E-state index contributed by atoms with van der Waals surface area (Å²) < 4.78 is 0. The first kappa shape index (κ1) is 10.5. The maximum absolute atomic E-state index is 5.88. The summed E-state index contributed by atoms with van der Waals surface area (Å²) in [6, 6.07) is 17.2. The second kappa shape index (κ2) is 4.64. The van der Waals surface area contributed by atoms with Crippen LogP contribution in [0.4, 0.5) is 0 Å². The Bertz CT molecular complexity index is 431. The quantitative estimate of drug-likeness (QED) is 0.552. The Balaban J connectivity index is 2.33. The summed E-state index contributed by atoms with van der Waals surface area (Å²) >= 11 is 5.88. The van der Waals surface area contributed by atoms with E-state index in [1.54, 1.807) is 0 Å². The Morgan fingerprint density at radius 3 is 1.73 bits per heavy atom. The molecule has 76 valence electrons. The molecule has 0 nitrogen and oxygen atoms in total. The van der Waals surface area contributed by atoms with Crippen molar-refractivity contribution in [2.24, 2.45) is 0 Å². The van der Waals surface area contributed by atoms with Crippen LogP contribution in [-0.2, 0) is 0 Å². The predicted molar refractivity (Wildman–Crippen MR) is 70.6 cm³/mol. The molecule has 0 aromatic heterocycles.